The van der Waals surface area contributed by atoms with E-state index in [1.54, 1.807) is 4.90 Å². The number of hydrogen-bond acceptors (Lipinski definition) is 3. The summed E-state index contributed by atoms with van der Waals surface area (Å²) in [5.74, 6) is -0.381. The molecule has 0 spiro atoms. The van der Waals surface area contributed by atoms with Crippen LogP contribution in [-0.2, 0) is 14.3 Å². The summed E-state index contributed by atoms with van der Waals surface area (Å²) in [5, 5.41) is 0. The van der Waals surface area contributed by atoms with Crippen molar-refractivity contribution in [1.82, 2.24) is 4.90 Å². The molecule has 0 N–H and O–H groups in total. The fourth-order valence-corrected chi connectivity index (χ4v) is 2.17. The van der Waals surface area contributed by atoms with Gasteiger partial charge in [-0.15, -0.1) is 0 Å². The summed E-state index contributed by atoms with van der Waals surface area (Å²) in [5.41, 5.74) is -0.231. The number of hydrogen-bond donors (Lipinski definition) is 0. The molecule has 1 atom stereocenters. The monoisotopic (exact) mass is 199 g/mol. The number of ether oxygens (including phenoxy) is 1. The molecule has 0 aromatic carbocycles. The summed E-state index contributed by atoms with van der Waals surface area (Å²) in [4.78, 5) is 24.4. The van der Waals surface area contributed by atoms with Crippen molar-refractivity contribution in [2.24, 2.45) is 0 Å². The first-order valence-corrected chi connectivity index (χ1v) is 4.78. The van der Waals surface area contributed by atoms with Crippen LogP contribution >= 0.6 is 0 Å². The van der Waals surface area contributed by atoms with Gasteiger partial charge in [0.2, 0.25) is 5.91 Å². The van der Waals surface area contributed by atoms with Crippen molar-refractivity contribution < 1.29 is 14.3 Å². The molecule has 14 heavy (non-hydrogen) atoms. The molecule has 80 valence electrons. The highest BCUT2D eigenvalue weighted by Gasteiger charge is 2.44. The molecule has 0 aliphatic carbocycles. The molecule has 0 unspecified atom stereocenters. The Hall–Kier alpha value is -1.06. The van der Waals surface area contributed by atoms with E-state index in [4.69, 9.17) is 0 Å². The van der Waals surface area contributed by atoms with E-state index in [1.165, 1.54) is 14.0 Å². The van der Waals surface area contributed by atoms with E-state index < -0.39 is 6.04 Å². The van der Waals surface area contributed by atoms with Crippen LogP contribution in [0.4, 0.5) is 0 Å². The van der Waals surface area contributed by atoms with Crippen LogP contribution < -0.4 is 0 Å². The van der Waals surface area contributed by atoms with E-state index in [2.05, 4.69) is 4.74 Å². The summed E-state index contributed by atoms with van der Waals surface area (Å²) in [6.45, 7) is 5.43. The molecular formula is C10H17NO3. The minimum absolute atomic E-state index is 0.0668. The molecule has 1 heterocycles. The van der Waals surface area contributed by atoms with E-state index in [9.17, 15) is 9.59 Å². The van der Waals surface area contributed by atoms with Gasteiger partial charge in [0.15, 0.2) is 0 Å². The van der Waals surface area contributed by atoms with Gasteiger partial charge in [0.1, 0.15) is 6.04 Å². The second kappa shape index (κ2) is 3.59. The van der Waals surface area contributed by atoms with Crippen molar-refractivity contribution in [2.75, 3.05) is 7.11 Å². The molecule has 1 aliphatic rings. The zero-order valence-corrected chi connectivity index (χ0v) is 9.16. The van der Waals surface area contributed by atoms with Gasteiger partial charge in [-0.2, -0.15) is 0 Å². The van der Waals surface area contributed by atoms with E-state index in [1.807, 2.05) is 13.8 Å². The standard InChI is InChI=1S/C10H17NO3/c1-7(12)11-8(9(13)14-4)5-6-10(11,2)3/h8H,5-6H2,1-4H3/t8-/m0/s1. The average molecular weight is 199 g/mol. The fraction of sp³-hybridized carbons (Fsp3) is 0.800. The summed E-state index contributed by atoms with van der Waals surface area (Å²) in [6, 6.07) is -0.396. The summed E-state index contributed by atoms with van der Waals surface area (Å²) < 4.78 is 4.68. The maximum absolute atomic E-state index is 11.4. The number of esters is 1. The third-order valence-corrected chi connectivity index (χ3v) is 2.81. The Bertz CT molecular complexity index is 260. The minimum Gasteiger partial charge on any atom is -0.467 e. The molecule has 1 amide bonds. The van der Waals surface area contributed by atoms with Gasteiger partial charge in [-0.3, -0.25) is 4.79 Å². The Morgan fingerprint density at radius 2 is 2.00 bits per heavy atom. The second-order valence-electron chi connectivity index (χ2n) is 4.28. The van der Waals surface area contributed by atoms with Gasteiger partial charge in [-0.25, -0.2) is 4.79 Å². The van der Waals surface area contributed by atoms with Crippen molar-refractivity contribution in [3.63, 3.8) is 0 Å². The van der Waals surface area contributed by atoms with Crippen molar-refractivity contribution in [3.05, 3.63) is 0 Å². The smallest absolute Gasteiger partial charge is 0.328 e. The number of nitrogens with zero attached hydrogens (tertiary/aromatic N) is 1. The second-order valence-corrected chi connectivity index (χ2v) is 4.28. The molecule has 0 aromatic heterocycles. The first-order valence-electron chi connectivity index (χ1n) is 4.78. The maximum atomic E-state index is 11.4. The largest absolute Gasteiger partial charge is 0.467 e. The molecule has 4 heteroatoms. The number of carbonyl (C=O) groups excluding carboxylic acids is 2. The molecule has 1 saturated heterocycles. The van der Waals surface area contributed by atoms with Gasteiger partial charge < -0.3 is 9.64 Å². The molecule has 1 rings (SSSR count). The van der Waals surface area contributed by atoms with E-state index in [-0.39, 0.29) is 17.4 Å². The van der Waals surface area contributed by atoms with Crippen LogP contribution in [0, 0.1) is 0 Å². The quantitative estimate of drug-likeness (QED) is 0.591. The lowest BCUT2D eigenvalue weighted by Gasteiger charge is -2.33. The Morgan fingerprint density at radius 3 is 2.43 bits per heavy atom. The first-order chi connectivity index (χ1) is 6.40. The Balaban J connectivity index is 2.90. The van der Waals surface area contributed by atoms with Gasteiger partial charge in [-0.05, 0) is 26.7 Å². The molecule has 0 bridgehead atoms. The molecule has 0 radical (unpaired) electrons. The molecule has 0 aromatic rings. The Morgan fingerprint density at radius 1 is 1.43 bits per heavy atom. The predicted octanol–water partition coefficient (Wildman–Crippen LogP) is 0.949. The lowest BCUT2D eigenvalue weighted by atomic mass is 10.0. The van der Waals surface area contributed by atoms with Crippen molar-refractivity contribution in [2.45, 2.75) is 45.2 Å². The third-order valence-electron chi connectivity index (χ3n) is 2.81. The maximum Gasteiger partial charge on any atom is 0.328 e. The topological polar surface area (TPSA) is 46.6 Å². The zero-order valence-electron chi connectivity index (χ0n) is 9.16. The summed E-state index contributed by atoms with van der Waals surface area (Å²) in [6.07, 6.45) is 1.53. The Kier molecular flexibility index (Phi) is 2.83. The van der Waals surface area contributed by atoms with Crippen LogP contribution in [0.3, 0.4) is 0 Å². The lowest BCUT2D eigenvalue weighted by Crippen LogP contribution is -2.49. The van der Waals surface area contributed by atoms with Gasteiger partial charge in [0.25, 0.3) is 0 Å². The SMILES string of the molecule is COC(=O)[C@@H]1CCC(C)(C)N1C(C)=O. The highest BCUT2D eigenvalue weighted by molar-refractivity contribution is 5.84. The average Bonchev–Trinajstić information content (AvgIpc) is 2.39. The van der Waals surface area contributed by atoms with Crippen LogP contribution in [0.2, 0.25) is 0 Å². The fourth-order valence-electron chi connectivity index (χ4n) is 2.17. The lowest BCUT2D eigenvalue weighted by molar-refractivity contribution is -0.153. The van der Waals surface area contributed by atoms with Crippen LogP contribution in [0.15, 0.2) is 0 Å². The van der Waals surface area contributed by atoms with E-state index >= 15 is 0 Å². The first kappa shape index (κ1) is 11.0. The number of carbonyl (C=O) groups is 2. The van der Waals surface area contributed by atoms with Crippen molar-refractivity contribution >= 4 is 11.9 Å². The van der Waals surface area contributed by atoms with Crippen LogP contribution in [-0.4, -0.2) is 35.5 Å². The van der Waals surface area contributed by atoms with Crippen molar-refractivity contribution in [1.29, 1.82) is 0 Å². The van der Waals surface area contributed by atoms with Crippen LogP contribution in [0.1, 0.15) is 33.6 Å². The minimum atomic E-state index is -0.396. The summed E-state index contributed by atoms with van der Waals surface area (Å²) in [7, 11) is 1.35. The third kappa shape index (κ3) is 1.74. The highest BCUT2D eigenvalue weighted by Crippen LogP contribution is 2.33. The Labute approximate surface area is 84.2 Å². The number of rotatable bonds is 1. The summed E-state index contributed by atoms with van der Waals surface area (Å²) >= 11 is 0. The van der Waals surface area contributed by atoms with E-state index in [0.717, 1.165) is 6.42 Å². The van der Waals surface area contributed by atoms with Crippen molar-refractivity contribution in [3.8, 4) is 0 Å². The van der Waals surface area contributed by atoms with Crippen LogP contribution in [0.25, 0.3) is 0 Å². The normalized spacial score (nSPS) is 24.9. The molecular weight excluding hydrogens is 182 g/mol. The molecule has 4 nitrogen and oxygen atoms in total. The van der Waals surface area contributed by atoms with Gasteiger partial charge >= 0.3 is 5.97 Å². The van der Waals surface area contributed by atoms with Gasteiger partial charge in [-0.1, -0.05) is 0 Å². The zero-order chi connectivity index (χ0) is 10.9. The predicted molar refractivity (Wildman–Crippen MR) is 51.6 cm³/mol. The molecule has 0 saturated carbocycles. The van der Waals surface area contributed by atoms with Crippen LogP contribution in [0.5, 0.6) is 0 Å². The number of likely N-dealkylation sites (tertiary alicyclic amines) is 1. The van der Waals surface area contributed by atoms with Gasteiger partial charge in [0.05, 0.1) is 7.11 Å². The van der Waals surface area contributed by atoms with Gasteiger partial charge in [0, 0.05) is 12.5 Å². The highest BCUT2D eigenvalue weighted by atomic mass is 16.5. The molecule has 1 fully saturated rings. The number of methoxy groups -OCH3 is 1. The van der Waals surface area contributed by atoms with E-state index in [0.29, 0.717) is 6.42 Å². The number of amides is 1. The molecule has 1 aliphatic heterocycles.